The van der Waals surface area contributed by atoms with Gasteiger partial charge in [-0.15, -0.1) is 10.2 Å². The van der Waals surface area contributed by atoms with E-state index in [9.17, 15) is 21.6 Å². The highest BCUT2D eigenvalue weighted by Crippen LogP contribution is 2.43. The van der Waals surface area contributed by atoms with Crippen LogP contribution in [0.4, 0.5) is 13.2 Å². The van der Waals surface area contributed by atoms with E-state index in [0.717, 1.165) is 12.1 Å². The van der Waals surface area contributed by atoms with Crippen LogP contribution in [0.15, 0.2) is 28.7 Å². The van der Waals surface area contributed by atoms with E-state index >= 15 is 0 Å². The lowest BCUT2D eigenvalue weighted by Gasteiger charge is -2.34. The molecule has 2 aliphatic heterocycles. The number of hydrogen-bond donors (Lipinski definition) is 0. The van der Waals surface area contributed by atoms with E-state index in [1.165, 1.54) is 6.07 Å². The zero-order valence-electron chi connectivity index (χ0n) is 14.9. The molecule has 2 saturated heterocycles. The Bertz CT molecular complexity index is 965. The lowest BCUT2D eigenvalue weighted by atomic mass is 9.73. The second-order valence-corrected chi connectivity index (χ2v) is 9.55. The minimum Gasteiger partial charge on any atom is -0.424 e. The highest BCUT2D eigenvalue weighted by atomic mass is 32.2. The first-order valence-electron chi connectivity index (χ1n) is 8.99. The zero-order chi connectivity index (χ0) is 20.0. The van der Waals surface area contributed by atoms with Crippen LogP contribution in [0.3, 0.4) is 0 Å². The van der Waals surface area contributed by atoms with Gasteiger partial charge in [0.05, 0.1) is 28.4 Å². The number of rotatable bonds is 3. The lowest BCUT2D eigenvalue weighted by Crippen LogP contribution is -2.35. The SMILES string of the molecule is O=S1(=O)CCC(c2nnc(C3(c4cccc(C(F)(F)F)c4)CCOCC3)o2)C1. The van der Waals surface area contributed by atoms with Gasteiger partial charge in [0.15, 0.2) is 9.84 Å². The van der Waals surface area contributed by atoms with Crippen LogP contribution in [0, 0.1) is 0 Å². The number of alkyl halides is 3. The van der Waals surface area contributed by atoms with Crippen LogP contribution >= 0.6 is 0 Å². The highest BCUT2D eigenvalue weighted by Gasteiger charge is 2.44. The lowest BCUT2D eigenvalue weighted by molar-refractivity contribution is -0.137. The van der Waals surface area contributed by atoms with Gasteiger partial charge in [0.1, 0.15) is 0 Å². The van der Waals surface area contributed by atoms with Crippen molar-refractivity contribution in [3.8, 4) is 0 Å². The van der Waals surface area contributed by atoms with Gasteiger partial charge in [-0.3, -0.25) is 0 Å². The molecule has 1 aromatic carbocycles. The molecule has 6 nitrogen and oxygen atoms in total. The van der Waals surface area contributed by atoms with Crippen LogP contribution in [0.25, 0.3) is 0 Å². The molecule has 0 aliphatic carbocycles. The molecule has 1 atom stereocenters. The molecule has 0 saturated carbocycles. The van der Waals surface area contributed by atoms with Crippen molar-refractivity contribution >= 4 is 9.84 Å². The van der Waals surface area contributed by atoms with E-state index in [1.54, 1.807) is 6.07 Å². The molecular formula is C18H19F3N2O4S. The molecule has 0 radical (unpaired) electrons. The summed E-state index contributed by atoms with van der Waals surface area (Å²) in [6, 6.07) is 5.15. The second kappa shape index (κ2) is 6.84. The number of hydrogen-bond acceptors (Lipinski definition) is 6. The average molecular weight is 416 g/mol. The van der Waals surface area contributed by atoms with Crippen molar-refractivity contribution in [1.29, 1.82) is 0 Å². The molecule has 2 aromatic rings. The first-order valence-corrected chi connectivity index (χ1v) is 10.8. The molecule has 2 fully saturated rings. The molecule has 0 amide bonds. The first kappa shape index (κ1) is 19.4. The Morgan fingerprint density at radius 1 is 1.14 bits per heavy atom. The molecule has 0 spiro atoms. The van der Waals surface area contributed by atoms with E-state index in [1.807, 2.05) is 0 Å². The van der Waals surface area contributed by atoms with Crippen LogP contribution < -0.4 is 0 Å². The van der Waals surface area contributed by atoms with Crippen LogP contribution in [-0.2, 0) is 26.2 Å². The van der Waals surface area contributed by atoms with Gasteiger partial charge in [-0.1, -0.05) is 18.2 Å². The fourth-order valence-electron chi connectivity index (χ4n) is 3.92. The van der Waals surface area contributed by atoms with E-state index < -0.39 is 27.0 Å². The third kappa shape index (κ3) is 3.55. The number of sulfone groups is 1. The van der Waals surface area contributed by atoms with Gasteiger partial charge in [-0.2, -0.15) is 13.2 Å². The highest BCUT2D eigenvalue weighted by molar-refractivity contribution is 7.91. The fourth-order valence-corrected chi connectivity index (χ4v) is 5.65. The van der Waals surface area contributed by atoms with Crippen LogP contribution in [0.2, 0.25) is 0 Å². The van der Waals surface area contributed by atoms with Crippen molar-refractivity contribution in [2.45, 2.75) is 36.8 Å². The minimum atomic E-state index is -4.46. The number of nitrogens with zero attached hydrogens (tertiary/aromatic N) is 2. The summed E-state index contributed by atoms with van der Waals surface area (Å²) in [5.74, 6) is 0.101. The summed E-state index contributed by atoms with van der Waals surface area (Å²) in [5.41, 5.74) is -1.18. The van der Waals surface area contributed by atoms with Crippen molar-refractivity contribution in [2.24, 2.45) is 0 Å². The van der Waals surface area contributed by atoms with Gasteiger partial charge in [0, 0.05) is 13.2 Å². The molecular weight excluding hydrogens is 397 g/mol. The summed E-state index contributed by atoms with van der Waals surface area (Å²) in [6.45, 7) is 0.706. The predicted molar refractivity (Wildman–Crippen MR) is 92.6 cm³/mol. The third-order valence-electron chi connectivity index (χ3n) is 5.52. The van der Waals surface area contributed by atoms with E-state index in [2.05, 4.69) is 10.2 Å². The van der Waals surface area contributed by atoms with Crippen molar-refractivity contribution in [2.75, 3.05) is 24.7 Å². The van der Waals surface area contributed by atoms with Gasteiger partial charge < -0.3 is 9.15 Å². The van der Waals surface area contributed by atoms with Crippen LogP contribution in [-0.4, -0.2) is 43.3 Å². The normalized spacial score (nSPS) is 24.3. The molecule has 1 unspecified atom stereocenters. The summed E-state index contributed by atoms with van der Waals surface area (Å²) >= 11 is 0. The Balaban J connectivity index is 1.73. The number of halogens is 3. The van der Waals surface area contributed by atoms with Gasteiger partial charge >= 0.3 is 6.18 Å². The van der Waals surface area contributed by atoms with Crippen LogP contribution in [0.5, 0.6) is 0 Å². The Kier molecular flexibility index (Phi) is 4.73. The molecule has 10 heteroatoms. The molecule has 28 heavy (non-hydrogen) atoms. The summed E-state index contributed by atoms with van der Waals surface area (Å²) in [4.78, 5) is 0. The van der Waals surface area contributed by atoms with Crippen molar-refractivity contribution in [3.05, 3.63) is 47.2 Å². The first-order chi connectivity index (χ1) is 13.2. The quantitative estimate of drug-likeness (QED) is 0.765. The third-order valence-corrected chi connectivity index (χ3v) is 7.29. The maximum Gasteiger partial charge on any atom is 0.416 e. The maximum absolute atomic E-state index is 13.2. The standard InChI is InChI=1S/C18H19F3N2O4S/c19-18(20,21)14-3-1-2-13(10-14)17(5-7-26-8-6-17)16-23-22-15(27-16)12-4-9-28(24,25)11-12/h1-3,10,12H,4-9,11H2. The number of aromatic nitrogens is 2. The summed E-state index contributed by atoms with van der Waals surface area (Å²) in [6.07, 6.45) is -3.25. The molecule has 3 heterocycles. The Labute approximate surface area is 160 Å². The minimum absolute atomic E-state index is 0.0473. The fraction of sp³-hybridized carbons (Fsp3) is 0.556. The Morgan fingerprint density at radius 2 is 1.89 bits per heavy atom. The molecule has 1 aromatic heterocycles. The molecule has 4 rings (SSSR count). The molecule has 0 bridgehead atoms. The smallest absolute Gasteiger partial charge is 0.416 e. The topological polar surface area (TPSA) is 82.3 Å². The molecule has 152 valence electrons. The van der Waals surface area contributed by atoms with Gasteiger partial charge in [-0.25, -0.2) is 8.42 Å². The Morgan fingerprint density at radius 3 is 2.54 bits per heavy atom. The van der Waals surface area contributed by atoms with E-state index in [4.69, 9.17) is 9.15 Å². The summed E-state index contributed by atoms with van der Waals surface area (Å²) < 4.78 is 74.4. The number of benzene rings is 1. The van der Waals surface area contributed by atoms with Gasteiger partial charge in [0.25, 0.3) is 0 Å². The van der Waals surface area contributed by atoms with Crippen molar-refractivity contribution in [1.82, 2.24) is 10.2 Å². The molecule has 0 N–H and O–H groups in total. The van der Waals surface area contributed by atoms with Gasteiger partial charge in [0.2, 0.25) is 11.8 Å². The zero-order valence-corrected chi connectivity index (χ0v) is 15.7. The molecule has 2 aliphatic rings. The largest absolute Gasteiger partial charge is 0.424 e. The summed E-state index contributed by atoms with van der Waals surface area (Å²) in [7, 11) is -3.12. The van der Waals surface area contributed by atoms with Crippen molar-refractivity contribution < 1.29 is 30.7 Å². The average Bonchev–Trinajstić information content (AvgIpc) is 3.28. The van der Waals surface area contributed by atoms with Crippen LogP contribution in [0.1, 0.15) is 48.1 Å². The number of ether oxygens (including phenoxy) is 1. The predicted octanol–water partition coefficient (Wildman–Crippen LogP) is 3.09. The van der Waals surface area contributed by atoms with E-state index in [0.29, 0.717) is 38.0 Å². The monoisotopic (exact) mass is 416 g/mol. The van der Waals surface area contributed by atoms with E-state index in [-0.39, 0.29) is 29.2 Å². The Hall–Kier alpha value is -1.94. The van der Waals surface area contributed by atoms with Crippen molar-refractivity contribution in [3.63, 3.8) is 0 Å². The maximum atomic E-state index is 13.2. The summed E-state index contributed by atoms with van der Waals surface area (Å²) in [5, 5.41) is 8.16. The van der Waals surface area contributed by atoms with Gasteiger partial charge in [-0.05, 0) is 30.9 Å². The second-order valence-electron chi connectivity index (χ2n) is 7.32.